The molecule has 1 rings (SSSR count). The van der Waals surface area contributed by atoms with Gasteiger partial charge in [-0.1, -0.05) is 0 Å². The predicted octanol–water partition coefficient (Wildman–Crippen LogP) is 1.57. The fourth-order valence-electron chi connectivity index (χ4n) is 0.432. The van der Waals surface area contributed by atoms with Gasteiger partial charge in [0.15, 0.2) is 5.82 Å². The van der Waals surface area contributed by atoms with E-state index in [9.17, 15) is 4.39 Å². The minimum absolute atomic E-state index is 0.108. The molecule has 0 aliphatic heterocycles. The zero-order valence-corrected chi connectivity index (χ0v) is 6.02. The largest absolute Gasteiger partial charge is 0.396 e. The molecular weight excluding hydrogens is 187 g/mol. The molecule has 1 aromatic heterocycles. The van der Waals surface area contributed by atoms with Crippen molar-refractivity contribution in [3.8, 4) is 0 Å². The molecule has 0 bridgehead atoms. The van der Waals surface area contributed by atoms with Crippen molar-refractivity contribution in [3.05, 3.63) is 22.7 Å². The van der Waals surface area contributed by atoms with Crippen molar-refractivity contribution in [1.82, 2.24) is 4.98 Å². The second-order valence-corrected chi connectivity index (χ2v) is 2.26. The smallest absolute Gasteiger partial charge is 0.178 e. The van der Waals surface area contributed by atoms with Crippen LogP contribution < -0.4 is 5.73 Å². The molecule has 0 unspecified atom stereocenters. The summed E-state index contributed by atoms with van der Waals surface area (Å²) in [5.74, 6) is -0.502. The van der Waals surface area contributed by atoms with Gasteiger partial charge in [0.25, 0.3) is 0 Å². The molecular formula is C5H4BrFN2. The lowest BCUT2D eigenvalue weighted by molar-refractivity contribution is 0.618. The number of nitrogens with two attached hydrogens (primary N) is 1. The number of hydrogen-bond donors (Lipinski definition) is 1. The molecule has 1 aromatic rings. The van der Waals surface area contributed by atoms with Crippen molar-refractivity contribution in [2.75, 3.05) is 5.73 Å². The topological polar surface area (TPSA) is 38.9 Å². The highest BCUT2D eigenvalue weighted by Gasteiger charge is 2.00. The van der Waals surface area contributed by atoms with Crippen molar-refractivity contribution < 1.29 is 4.39 Å². The van der Waals surface area contributed by atoms with Crippen molar-refractivity contribution in [2.45, 2.75) is 0 Å². The first-order valence-corrected chi connectivity index (χ1v) is 3.06. The van der Waals surface area contributed by atoms with Crippen LogP contribution in [0.15, 0.2) is 16.9 Å². The average molecular weight is 191 g/mol. The fraction of sp³-hybridized carbons (Fsp3) is 0. The van der Waals surface area contributed by atoms with Crippen LogP contribution >= 0.6 is 15.9 Å². The van der Waals surface area contributed by atoms with Crippen molar-refractivity contribution >= 4 is 21.6 Å². The molecule has 0 amide bonds. The third-order valence-electron chi connectivity index (χ3n) is 0.877. The number of hydrogen-bond acceptors (Lipinski definition) is 2. The summed E-state index contributed by atoms with van der Waals surface area (Å²) in [6, 6.07) is 1.40. The van der Waals surface area contributed by atoms with Gasteiger partial charge in [-0.25, -0.2) is 9.37 Å². The molecule has 2 N–H and O–H groups in total. The van der Waals surface area contributed by atoms with E-state index in [4.69, 9.17) is 5.73 Å². The monoisotopic (exact) mass is 190 g/mol. The van der Waals surface area contributed by atoms with Crippen LogP contribution in [0.25, 0.3) is 0 Å². The third kappa shape index (κ3) is 1.18. The lowest BCUT2D eigenvalue weighted by Gasteiger charge is -1.94. The SMILES string of the molecule is Nc1ccnc(Br)c1F. The number of pyridine rings is 1. The molecule has 0 saturated heterocycles. The number of nitrogen functional groups attached to an aromatic ring is 1. The van der Waals surface area contributed by atoms with Crippen molar-refractivity contribution in [1.29, 1.82) is 0 Å². The molecule has 0 radical (unpaired) electrons. The highest BCUT2D eigenvalue weighted by molar-refractivity contribution is 9.10. The first-order chi connectivity index (χ1) is 4.22. The van der Waals surface area contributed by atoms with Crippen molar-refractivity contribution in [3.63, 3.8) is 0 Å². The summed E-state index contributed by atoms with van der Waals surface area (Å²) in [5, 5.41) is 0. The zero-order chi connectivity index (χ0) is 6.85. The molecule has 48 valence electrons. The Hall–Kier alpha value is -0.640. The maximum Gasteiger partial charge on any atom is 0.178 e. The lowest BCUT2D eigenvalue weighted by atomic mass is 10.4. The normalized spacial score (nSPS) is 9.56. The summed E-state index contributed by atoms with van der Waals surface area (Å²) in [7, 11) is 0. The Morgan fingerprint density at radius 3 is 2.78 bits per heavy atom. The third-order valence-corrected chi connectivity index (χ3v) is 1.43. The molecule has 0 atom stereocenters. The molecule has 4 heteroatoms. The summed E-state index contributed by atoms with van der Waals surface area (Å²) in [5.41, 5.74) is 5.28. The van der Waals surface area contributed by atoms with Gasteiger partial charge in [-0.05, 0) is 22.0 Å². The fourth-order valence-corrected chi connectivity index (χ4v) is 0.779. The Labute approximate surface area is 60.0 Å². The van der Waals surface area contributed by atoms with Gasteiger partial charge in [0.2, 0.25) is 0 Å². The molecule has 0 fully saturated rings. The lowest BCUT2D eigenvalue weighted by Crippen LogP contribution is -1.91. The van der Waals surface area contributed by atoms with E-state index in [0.717, 1.165) is 0 Å². The van der Waals surface area contributed by atoms with E-state index in [1.54, 1.807) is 0 Å². The van der Waals surface area contributed by atoms with E-state index < -0.39 is 5.82 Å². The van der Waals surface area contributed by atoms with Crippen LogP contribution in [0.4, 0.5) is 10.1 Å². The first kappa shape index (κ1) is 6.48. The van der Waals surface area contributed by atoms with Gasteiger partial charge in [-0.3, -0.25) is 0 Å². The molecule has 0 aromatic carbocycles. The average Bonchev–Trinajstić information content (AvgIpc) is 1.83. The van der Waals surface area contributed by atoms with Gasteiger partial charge in [-0.15, -0.1) is 0 Å². The molecule has 0 aliphatic carbocycles. The number of nitrogens with zero attached hydrogens (tertiary/aromatic N) is 1. The highest BCUT2D eigenvalue weighted by Crippen LogP contribution is 2.16. The Kier molecular flexibility index (Phi) is 1.66. The standard InChI is InChI=1S/C5H4BrFN2/c6-5-4(7)3(8)1-2-9-5/h1-2H,(H2,8,9). The zero-order valence-electron chi connectivity index (χ0n) is 4.44. The Morgan fingerprint density at radius 2 is 2.33 bits per heavy atom. The first-order valence-electron chi connectivity index (χ1n) is 2.27. The number of rotatable bonds is 0. The quantitative estimate of drug-likeness (QED) is 0.632. The maximum atomic E-state index is 12.5. The summed E-state index contributed by atoms with van der Waals surface area (Å²) < 4.78 is 12.7. The Morgan fingerprint density at radius 1 is 1.67 bits per heavy atom. The van der Waals surface area contributed by atoms with E-state index in [1.807, 2.05) is 0 Å². The van der Waals surface area contributed by atoms with Gasteiger partial charge >= 0.3 is 0 Å². The van der Waals surface area contributed by atoms with E-state index in [-0.39, 0.29) is 10.3 Å². The van der Waals surface area contributed by atoms with E-state index in [0.29, 0.717) is 0 Å². The second kappa shape index (κ2) is 2.31. The van der Waals surface area contributed by atoms with Crippen LogP contribution in [-0.2, 0) is 0 Å². The molecule has 1 heterocycles. The number of anilines is 1. The Bertz CT molecular complexity index is 206. The molecule has 2 nitrogen and oxygen atoms in total. The summed E-state index contributed by atoms with van der Waals surface area (Å²) in [6.07, 6.45) is 1.43. The minimum atomic E-state index is -0.502. The van der Waals surface area contributed by atoms with Crippen LogP contribution in [0.5, 0.6) is 0 Å². The van der Waals surface area contributed by atoms with Gasteiger partial charge in [0.1, 0.15) is 4.60 Å². The molecule has 0 aliphatic rings. The van der Waals surface area contributed by atoms with Gasteiger partial charge in [0, 0.05) is 6.20 Å². The molecule has 9 heavy (non-hydrogen) atoms. The molecule has 0 saturated carbocycles. The minimum Gasteiger partial charge on any atom is -0.396 e. The summed E-state index contributed by atoms with van der Waals surface area (Å²) in [4.78, 5) is 3.60. The summed E-state index contributed by atoms with van der Waals surface area (Å²) in [6.45, 7) is 0. The van der Waals surface area contributed by atoms with Crippen LogP contribution in [0.3, 0.4) is 0 Å². The van der Waals surface area contributed by atoms with Gasteiger partial charge in [-0.2, -0.15) is 0 Å². The van der Waals surface area contributed by atoms with E-state index in [1.165, 1.54) is 12.3 Å². The highest BCUT2D eigenvalue weighted by atomic mass is 79.9. The predicted molar refractivity (Wildman–Crippen MR) is 36.3 cm³/mol. The molecule has 0 spiro atoms. The van der Waals surface area contributed by atoms with E-state index >= 15 is 0 Å². The second-order valence-electron chi connectivity index (χ2n) is 1.50. The Balaban J connectivity index is 3.25. The van der Waals surface area contributed by atoms with Crippen LogP contribution in [0, 0.1) is 5.82 Å². The van der Waals surface area contributed by atoms with Gasteiger partial charge in [0.05, 0.1) is 5.69 Å². The number of aromatic nitrogens is 1. The van der Waals surface area contributed by atoms with E-state index in [2.05, 4.69) is 20.9 Å². The van der Waals surface area contributed by atoms with Crippen LogP contribution in [0.1, 0.15) is 0 Å². The maximum absolute atomic E-state index is 12.5. The number of halogens is 2. The summed E-state index contributed by atoms with van der Waals surface area (Å²) >= 11 is 2.88. The van der Waals surface area contributed by atoms with Crippen molar-refractivity contribution in [2.24, 2.45) is 0 Å². The van der Waals surface area contributed by atoms with Crippen LogP contribution in [0.2, 0.25) is 0 Å². The van der Waals surface area contributed by atoms with Crippen LogP contribution in [-0.4, -0.2) is 4.98 Å². The van der Waals surface area contributed by atoms with Gasteiger partial charge < -0.3 is 5.73 Å².